The van der Waals surface area contributed by atoms with Crippen molar-refractivity contribution in [3.63, 3.8) is 0 Å². The van der Waals surface area contributed by atoms with Gasteiger partial charge in [0, 0.05) is 21.3 Å². The molecule has 0 spiro atoms. The Kier molecular flexibility index (Phi) is 3.74. The first-order valence-electron chi connectivity index (χ1n) is 4.49. The lowest BCUT2D eigenvalue weighted by molar-refractivity contribution is 1.13. The van der Waals surface area contributed by atoms with Crippen molar-refractivity contribution in [1.29, 1.82) is 0 Å². The molecule has 0 unspecified atom stereocenters. The molecule has 82 valence electrons. The maximum Gasteiger partial charge on any atom is 0.101 e. The summed E-state index contributed by atoms with van der Waals surface area (Å²) in [6.07, 6.45) is 1.62. The van der Waals surface area contributed by atoms with E-state index in [0.29, 0.717) is 5.02 Å². The summed E-state index contributed by atoms with van der Waals surface area (Å²) < 4.78 is 0.998. The molecule has 1 aromatic carbocycles. The number of rotatable bonds is 2. The molecule has 1 aromatic heterocycles. The second kappa shape index (κ2) is 5.08. The van der Waals surface area contributed by atoms with Crippen LogP contribution in [-0.2, 0) is 0 Å². The Bertz CT molecular complexity index is 502. The Morgan fingerprint density at radius 2 is 2.06 bits per heavy atom. The second-order valence-corrected chi connectivity index (χ2v) is 5.51. The molecule has 0 atom stereocenters. The van der Waals surface area contributed by atoms with Gasteiger partial charge >= 0.3 is 0 Å². The number of hydrogen-bond donors (Lipinski definition) is 1. The highest BCUT2D eigenvalue weighted by atomic mass is 79.9. The average molecular weight is 316 g/mol. The molecule has 2 N–H and O–H groups in total. The van der Waals surface area contributed by atoms with Crippen LogP contribution in [0.5, 0.6) is 0 Å². The number of benzene rings is 1. The Morgan fingerprint density at radius 3 is 2.75 bits per heavy atom. The van der Waals surface area contributed by atoms with Gasteiger partial charge in [0.2, 0.25) is 0 Å². The number of nitrogens with zero attached hydrogens (tertiary/aromatic N) is 1. The molecule has 0 radical (unpaired) electrons. The first-order chi connectivity index (χ1) is 7.65. The fourth-order valence-electron chi connectivity index (χ4n) is 1.13. The van der Waals surface area contributed by atoms with Gasteiger partial charge in [-0.3, -0.25) is 0 Å². The molecule has 0 bridgehead atoms. The minimum Gasteiger partial charge on any atom is -0.398 e. The van der Waals surface area contributed by atoms with Crippen LogP contribution in [0.4, 0.5) is 5.69 Å². The molecule has 0 aliphatic rings. The molecule has 2 rings (SSSR count). The van der Waals surface area contributed by atoms with E-state index in [1.54, 1.807) is 6.20 Å². The van der Waals surface area contributed by atoms with Crippen molar-refractivity contribution in [2.45, 2.75) is 9.92 Å². The number of hydrogen-bond acceptors (Lipinski definition) is 3. The summed E-state index contributed by atoms with van der Waals surface area (Å²) in [7, 11) is 0. The molecule has 2 nitrogen and oxygen atoms in total. The number of nitrogens with two attached hydrogens (primary N) is 1. The number of aromatic nitrogens is 1. The van der Waals surface area contributed by atoms with Gasteiger partial charge in [0.1, 0.15) is 5.03 Å². The number of nitrogen functional groups attached to an aromatic ring is 1. The lowest BCUT2D eigenvalue weighted by Gasteiger charge is -2.05. The van der Waals surface area contributed by atoms with Crippen LogP contribution < -0.4 is 5.73 Å². The Morgan fingerprint density at radius 1 is 1.25 bits per heavy atom. The number of anilines is 1. The summed E-state index contributed by atoms with van der Waals surface area (Å²) in [5, 5.41) is 1.50. The lowest BCUT2D eigenvalue weighted by atomic mass is 10.3. The van der Waals surface area contributed by atoms with E-state index in [1.165, 1.54) is 11.8 Å². The summed E-state index contributed by atoms with van der Waals surface area (Å²) in [6.45, 7) is 0. The monoisotopic (exact) mass is 314 g/mol. The first-order valence-corrected chi connectivity index (χ1v) is 6.48. The van der Waals surface area contributed by atoms with Crippen molar-refractivity contribution in [3.8, 4) is 0 Å². The van der Waals surface area contributed by atoms with Crippen LogP contribution in [0.15, 0.2) is 50.9 Å². The molecule has 0 aliphatic carbocycles. The SMILES string of the molecule is Nc1ccc(Br)cc1Sc1ccc(Cl)cn1. The number of pyridine rings is 1. The smallest absolute Gasteiger partial charge is 0.101 e. The molecule has 0 saturated carbocycles. The first kappa shape index (κ1) is 11.8. The van der Waals surface area contributed by atoms with Crippen molar-refractivity contribution < 1.29 is 0 Å². The molecule has 0 amide bonds. The van der Waals surface area contributed by atoms with E-state index < -0.39 is 0 Å². The molecule has 5 heteroatoms. The highest BCUT2D eigenvalue weighted by Crippen LogP contribution is 2.33. The topological polar surface area (TPSA) is 38.9 Å². The third-order valence-corrected chi connectivity index (χ3v) is 3.63. The van der Waals surface area contributed by atoms with Crippen molar-refractivity contribution in [1.82, 2.24) is 4.98 Å². The van der Waals surface area contributed by atoms with E-state index in [-0.39, 0.29) is 0 Å². The van der Waals surface area contributed by atoms with Crippen LogP contribution in [0.3, 0.4) is 0 Å². The summed E-state index contributed by atoms with van der Waals surface area (Å²) in [5.74, 6) is 0. The van der Waals surface area contributed by atoms with Crippen LogP contribution in [-0.4, -0.2) is 4.98 Å². The minimum absolute atomic E-state index is 0.631. The lowest BCUT2D eigenvalue weighted by Crippen LogP contribution is -1.88. The zero-order valence-electron chi connectivity index (χ0n) is 8.15. The quantitative estimate of drug-likeness (QED) is 0.843. The van der Waals surface area contributed by atoms with Crippen molar-refractivity contribution in [3.05, 3.63) is 46.0 Å². The van der Waals surface area contributed by atoms with Crippen LogP contribution >= 0.6 is 39.3 Å². The highest BCUT2D eigenvalue weighted by molar-refractivity contribution is 9.10. The summed E-state index contributed by atoms with van der Waals surface area (Å²) in [4.78, 5) is 5.18. The highest BCUT2D eigenvalue weighted by Gasteiger charge is 2.03. The van der Waals surface area contributed by atoms with E-state index in [2.05, 4.69) is 20.9 Å². The molecule has 16 heavy (non-hydrogen) atoms. The summed E-state index contributed by atoms with van der Waals surface area (Å²) >= 11 is 10.7. The molecule has 1 heterocycles. The second-order valence-electron chi connectivity index (χ2n) is 3.10. The summed E-state index contributed by atoms with van der Waals surface area (Å²) in [5.41, 5.74) is 6.61. The van der Waals surface area contributed by atoms with Crippen molar-refractivity contribution in [2.75, 3.05) is 5.73 Å². The van der Waals surface area contributed by atoms with Crippen LogP contribution in [0, 0.1) is 0 Å². The van der Waals surface area contributed by atoms with E-state index >= 15 is 0 Å². The zero-order chi connectivity index (χ0) is 11.5. The standard InChI is InChI=1S/C11H8BrClN2S/c12-7-1-3-9(14)10(5-7)16-11-4-2-8(13)6-15-11/h1-6H,14H2. The molecular weight excluding hydrogens is 308 g/mol. The summed E-state index contributed by atoms with van der Waals surface area (Å²) in [6, 6.07) is 9.42. The van der Waals surface area contributed by atoms with Gasteiger partial charge in [-0.25, -0.2) is 4.98 Å². The van der Waals surface area contributed by atoms with Crippen LogP contribution in [0.25, 0.3) is 0 Å². The van der Waals surface area contributed by atoms with Crippen molar-refractivity contribution >= 4 is 45.0 Å². The Hall–Kier alpha value is -0.710. The van der Waals surface area contributed by atoms with Crippen molar-refractivity contribution in [2.24, 2.45) is 0 Å². The van der Waals surface area contributed by atoms with Gasteiger partial charge in [0.05, 0.1) is 5.02 Å². The number of halogens is 2. The molecule has 2 aromatic rings. The molecular formula is C11H8BrClN2S. The molecule has 0 saturated heterocycles. The van der Waals surface area contributed by atoms with E-state index in [4.69, 9.17) is 17.3 Å². The third-order valence-electron chi connectivity index (χ3n) is 1.89. The van der Waals surface area contributed by atoms with Gasteiger partial charge in [-0.2, -0.15) is 0 Å². The van der Waals surface area contributed by atoms with E-state index in [1.807, 2.05) is 30.3 Å². The average Bonchev–Trinajstić information content (AvgIpc) is 2.27. The largest absolute Gasteiger partial charge is 0.398 e. The normalized spacial score (nSPS) is 10.4. The van der Waals surface area contributed by atoms with Crippen LogP contribution in [0.1, 0.15) is 0 Å². The van der Waals surface area contributed by atoms with Crippen LogP contribution in [0.2, 0.25) is 5.02 Å². The fourth-order valence-corrected chi connectivity index (χ4v) is 2.59. The van der Waals surface area contributed by atoms with E-state index in [0.717, 1.165) is 20.1 Å². The van der Waals surface area contributed by atoms with Gasteiger partial charge in [-0.15, -0.1) is 0 Å². The predicted molar refractivity (Wildman–Crippen MR) is 71.9 cm³/mol. The van der Waals surface area contributed by atoms with Gasteiger partial charge in [-0.1, -0.05) is 39.3 Å². The van der Waals surface area contributed by atoms with Gasteiger partial charge in [-0.05, 0) is 30.3 Å². The van der Waals surface area contributed by atoms with E-state index in [9.17, 15) is 0 Å². The zero-order valence-corrected chi connectivity index (χ0v) is 11.3. The third kappa shape index (κ3) is 2.90. The fraction of sp³-hybridized carbons (Fsp3) is 0. The maximum atomic E-state index is 5.87. The van der Waals surface area contributed by atoms with Gasteiger partial charge < -0.3 is 5.73 Å². The minimum atomic E-state index is 0.631. The molecule has 0 fully saturated rings. The predicted octanol–water partition coefficient (Wildman–Crippen LogP) is 4.23. The van der Waals surface area contributed by atoms with Gasteiger partial charge in [0.25, 0.3) is 0 Å². The maximum absolute atomic E-state index is 5.87. The van der Waals surface area contributed by atoms with Gasteiger partial charge in [0.15, 0.2) is 0 Å². The Labute approximate surface area is 111 Å². The Balaban J connectivity index is 2.26. The molecule has 0 aliphatic heterocycles.